The fourth-order valence-electron chi connectivity index (χ4n) is 9.03. The Morgan fingerprint density at radius 3 is 2.63 bits per heavy atom. The molecule has 0 heterocycles. The lowest BCUT2D eigenvalue weighted by Gasteiger charge is -2.55. The zero-order valence-corrected chi connectivity index (χ0v) is 19.8. The number of hydrogen-bond donors (Lipinski definition) is 2. The van der Waals surface area contributed by atoms with Crippen molar-refractivity contribution in [3.8, 4) is 0 Å². The zero-order valence-electron chi connectivity index (χ0n) is 19.8. The minimum atomic E-state index is -0.282. The summed E-state index contributed by atoms with van der Waals surface area (Å²) in [6.07, 6.45) is 18.6. The highest BCUT2D eigenvalue weighted by Crippen LogP contribution is 2.65. The van der Waals surface area contributed by atoms with Crippen LogP contribution in [0.2, 0.25) is 0 Å². The molecule has 2 heteroatoms. The average molecular weight is 415 g/mol. The minimum Gasteiger partial charge on any atom is -0.393 e. The Bertz CT molecular complexity index is 664. The first-order valence-electron chi connectivity index (χ1n) is 13.4. The van der Waals surface area contributed by atoms with E-state index in [0.717, 1.165) is 61.2 Å². The fourth-order valence-corrected chi connectivity index (χ4v) is 9.03. The van der Waals surface area contributed by atoms with Crippen molar-refractivity contribution < 1.29 is 10.2 Å². The predicted octanol–water partition coefficient (Wildman–Crippen LogP) is 6.50. The Hall–Kier alpha value is -0.340. The first-order chi connectivity index (χ1) is 14.3. The van der Waals surface area contributed by atoms with Gasteiger partial charge in [-0.05, 0) is 130 Å². The van der Waals surface area contributed by atoms with Crippen molar-refractivity contribution in [3.63, 3.8) is 0 Å². The zero-order chi connectivity index (χ0) is 21.1. The maximum absolute atomic E-state index is 10.5. The van der Waals surface area contributed by atoms with E-state index in [1.807, 2.05) is 0 Å². The van der Waals surface area contributed by atoms with Gasteiger partial charge in [0.2, 0.25) is 0 Å². The summed E-state index contributed by atoms with van der Waals surface area (Å²) in [5.74, 6) is 5.60. The number of rotatable bonds is 6. The van der Waals surface area contributed by atoms with Crippen molar-refractivity contribution in [1.29, 1.82) is 0 Å². The number of aliphatic hydroxyl groups excluding tert-OH is 1. The van der Waals surface area contributed by atoms with Gasteiger partial charge in [0, 0.05) is 0 Å². The summed E-state index contributed by atoms with van der Waals surface area (Å²) < 4.78 is 0. The molecule has 0 aromatic heterocycles. The molecule has 4 saturated carbocycles. The fraction of sp³-hybridized carbons (Fsp3) is 0.929. The van der Waals surface area contributed by atoms with Crippen LogP contribution in [-0.4, -0.2) is 21.9 Å². The molecule has 0 aromatic carbocycles. The largest absolute Gasteiger partial charge is 0.393 e. The first-order valence-corrected chi connectivity index (χ1v) is 13.4. The van der Waals surface area contributed by atoms with Crippen molar-refractivity contribution >= 4 is 0 Å². The predicted molar refractivity (Wildman–Crippen MR) is 123 cm³/mol. The van der Waals surface area contributed by atoms with Crippen molar-refractivity contribution in [2.45, 2.75) is 116 Å². The van der Waals surface area contributed by atoms with Gasteiger partial charge in [-0.1, -0.05) is 32.4 Å². The van der Waals surface area contributed by atoms with E-state index in [0.29, 0.717) is 11.3 Å². The minimum absolute atomic E-state index is 0.0845. The molecule has 0 saturated heterocycles. The van der Waals surface area contributed by atoms with Crippen LogP contribution in [0.1, 0.15) is 104 Å². The highest BCUT2D eigenvalue weighted by atomic mass is 16.3. The van der Waals surface area contributed by atoms with Crippen LogP contribution in [0.3, 0.4) is 0 Å². The lowest BCUT2D eigenvalue weighted by atomic mass is 9.50. The molecule has 5 rings (SSSR count). The van der Waals surface area contributed by atoms with Gasteiger partial charge in [-0.15, -0.1) is 0 Å². The molecule has 0 amide bonds. The Morgan fingerprint density at radius 1 is 1.10 bits per heavy atom. The second-order valence-electron chi connectivity index (χ2n) is 12.5. The molecular weight excluding hydrogens is 368 g/mol. The number of hydrogen-bond acceptors (Lipinski definition) is 2. The second-order valence-corrected chi connectivity index (χ2v) is 12.5. The molecule has 4 fully saturated rings. The van der Waals surface area contributed by atoms with E-state index in [2.05, 4.69) is 26.8 Å². The molecule has 0 spiro atoms. The maximum Gasteiger partial charge on any atom is 0.0650 e. The van der Waals surface area contributed by atoms with Crippen molar-refractivity contribution in [2.75, 3.05) is 0 Å². The van der Waals surface area contributed by atoms with E-state index >= 15 is 0 Å². The lowest BCUT2D eigenvalue weighted by Crippen LogP contribution is -2.47. The SMILES string of the molecule is CCC(O)C1CCC2=CC[C@@H]3[C@H](CC[C@]4(C)[C@@H]([C@H](C)CCC5(O)CC5)CC[C@@H]34)[C@H]2C1. The summed E-state index contributed by atoms with van der Waals surface area (Å²) in [6, 6.07) is 0. The van der Waals surface area contributed by atoms with Gasteiger partial charge in [-0.3, -0.25) is 0 Å². The third-order valence-corrected chi connectivity index (χ3v) is 11.1. The van der Waals surface area contributed by atoms with Crippen LogP contribution < -0.4 is 0 Å². The van der Waals surface area contributed by atoms with Crippen LogP contribution >= 0.6 is 0 Å². The normalized spacial score (nSPS) is 46.2. The van der Waals surface area contributed by atoms with Gasteiger partial charge < -0.3 is 10.2 Å². The van der Waals surface area contributed by atoms with Crippen LogP contribution in [0.15, 0.2) is 11.6 Å². The van der Waals surface area contributed by atoms with E-state index in [1.165, 1.54) is 57.8 Å². The van der Waals surface area contributed by atoms with Crippen LogP contribution in [0.5, 0.6) is 0 Å². The summed E-state index contributed by atoms with van der Waals surface area (Å²) >= 11 is 0. The Balaban J connectivity index is 1.29. The van der Waals surface area contributed by atoms with Gasteiger partial charge in [-0.25, -0.2) is 0 Å². The monoisotopic (exact) mass is 414 g/mol. The summed E-state index contributed by atoms with van der Waals surface area (Å²) in [6.45, 7) is 7.29. The average Bonchev–Trinajstić information content (AvgIpc) is 3.38. The summed E-state index contributed by atoms with van der Waals surface area (Å²) in [4.78, 5) is 0. The molecule has 0 radical (unpaired) electrons. The molecule has 30 heavy (non-hydrogen) atoms. The number of aliphatic hydroxyl groups is 2. The molecule has 5 aliphatic carbocycles. The standard InChI is InChI=1S/C28H46O2/c1-4-26(29)20-6-5-19-7-8-22-21(23(19)17-20)12-13-27(3)24(9-10-25(22)27)18(2)11-14-28(30)15-16-28/h7,18,20-26,29-30H,4-6,8-17H2,1-3H3/t18-,20?,21+,22-,23+,24-,25+,26?,27-/m1/s1. The van der Waals surface area contributed by atoms with E-state index < -0.39 is 0 Å². The third kappa shape index (κ3) is 3.62. The molecule has 170 valence electrons. The highest BCUT2D eigenvalue weighted by Gasteiger charge is 2.57. The molecule has 2 nitrogen and oxygen atoms in total. The van der Waals surface area contributed by atoms with Crippen molar-refractivity contribution in [1.82, 2.24) is 0 Å². The van der Waals surface area contributed by atoms with Gasteiger partial charge in [0.05, 0.1) is 11.7 Å². The molecule has 0 aromatic rings. The van der Waals surface area contributed by atoms with Gasteiger partial charge in [0.25, 0.3) is 0 Å². The third-order valence-electron chi connectivity index (χ3n) is 11.1. The Kier molecular flexibility index (Phi) is 5.67. The van der Waals surface area contributed by atoms with Gasteiger partial charge in [0.1, 0.15) is 0 Å². The first kappa shape index (κ1) is 21.5. The van der Waals surface area contributed by atoms with Crippen LogP contribution in [0.4, 0.5) is 0 Å². The summed E-state index contributed by atoms with van der Waals surface area (Å²) in [7, 11) is 0. The van der Waals surface area contributed by atoms with Crippen molar-refractivity contribution in [3.05, 3.63) is 11.6 Å². The molecule has 9 atom stereocenters. The lowest BCUT2D eigenvalue weighted by molar-refractivity contribution is -0.0348. The topological polar surface area (TPSA) is 40.5 Å². The number of allylic oxidation sites excluding steroid dienone is 2. The van der Waals surface area contributed by atoms with Crippen LogP contribution in [0, 0.1) is 46.8 Å². The van der Waals surface area contributed by atoms with Gasteiger partial charge in [-0.2, -0.15) is 0 Å². The van der Waals surface area contributed by atoms with Crippen LogP contribution in [-0.2, 0) is 0 Å². The highest BCUT2D eigenvalue weighted by molar-refractivity contribution is 5.20. The van der Waals surface area contributed by atoms with Crippen LogP contribution in [0.25, 0.3) is 0 Å². The number of fused-ring (bicyclic) bond motifs is 5. The second kappa shape index (κ2) is 7.91. The molecule has 0 aliphatic heterocycles. The molecule has 2 unspecified atom stereocenters. The quantitative estimate of drug-likeness (QED) is 0.487. The molecular formula is C28H46O2. The Labute approximate surface area is 184 Å². The molecule has 5 aliphatic rings. The van der Waals surface area contributed by atoms with E-state index in [9.17, 15) is 10.2 Å². The maximum atomic E-state index is 10.5. The molecule has 2 N–H and O–H groups in total. The molecule has 0 bridgehead atoms. The van der Waals surface area contributed by atoms with E-state index in [-0.39, 0.29) is 11.7 Å². The smallest absolute Gasteiger partial charge is 0.0650 e. The summed E-state index contributed by atoms with van der Waals surface area (Å²) in [5.41, 5.74) is 2.01. The van der Waals surface area contributed by atoms with Gasteiger partial charge >= 0.3 is 0 Å². The Morgan fingerprint density at radius 2 is 1.90 bits per heavy atom. The van der Waals surface area contributed by atoms with Crippen molar-refractivity contribution in [2.24, 2.45) is 46.8 Å². The van der Waals surface area contributed by atoms with E-state index in [4.69, 9.17) is 0 Å². The summed E-state index contributed by atoms with van der Waals surface area (Å²) in [5, 5.41) is 20.9. The van der Waals surface area contributed by atoms with E-state index in [1.54, 1.807) is 5.57 Å². The van der Waals surface area contributed by atoms with Gasteiger partial charge in [0.15, 0.2) is 0 Å².